The van der Waals surface area contributed by atoms with Gasteiger partial charge < -0.3 is 9.64 Å². The van der Waals surface area contributed by atoms with E-state index in [1.54, 1.807) is 0 Å². The second kappa shape index (κ2) is 10.8. The molecule has 164 valence electrons. The van der Waals surface area contributed by atoms with Crippen molar-refractivity contribution in [2.45, 2.75) is 46.5 Å². The highest BCUT2D eigenvalue weighted by atomic mass is 16.5. The van der Waals surface area contributed by atoms with Crippen molar-refractivity contribution in [3.8, 4) is 5.75 Å². The third-order valence-electron chi connectivity index (χ3n) is 5.49. The molecule has 1 aliphatic rings. The van der Waals surface area contributed by atoms with Crippen LogP contribution in [0, 0.1) is 0 Å². The zero-order chi connectivity index (χ0) is 22.2. The lowest BCUT2D eigenvalue weighted by molar-refractivity contribution is -0.137. The summed E-state index contributed by atoms with van der Waals surface area (Å²) < 4.78 is 5.54. The molecule has 0 atom stereocenters. The zero-order valence-corrected chi connectivity index (χ0v) is 18.8. The number of anilines is 1. The Morgan fingerprint density at radius 3 is 2.16 bits per heavy atom. The van der Waals surface area contributed by atoms with E-state index in [9.17, 15) is 9.59 Å². The molecule has 0 aromatic heterocycles. The summed E-state index contributed by atoms with van der Waals surface area (Å²) >= 11 is 0. The van der Waals surface area contributed by atoms with Crippen molar-refractivity contribution in [3.63, 3.8) is 0 Å². The van der Waals surface area contributed by atoms with Crippen molar-refractivity contribution >= 4 is 23.1 Å². The SMILES string of the molecule is CCCCCCN1C(=O)C(c2ccc(OCC)cc2)=C(N(CC)c2ccccc2)C1=O. The van der Waals surface area contributed by atoms with Crippen LogP contribution in [-0.4, -0.2) is 36.4 Å². The predicted octanol–water partition coefficient (Wildman–Crippen LogP) is 5.27. The van der Waals surface area contributed by atoms with Crippen LogP contribution in [-0.2, 0) is 9.59 Å². The van der Waals surface area contributed by atoms with Gasteiger partial charge in [0.1, 0.15) is 11.4 Å². The van der Waals surface area contributed by atoms with Gasteiger partial charge in [-0.25, -0.2) is 0 Å². The van der Waals surface area contributed by atoms with E-state index in [1.807, 2.05) is 73.3 Å². The maximum atomic E-state index is 13.5. The van der Waals surface area contributed by atoms with Crippen molar-refractivity contribution in [1.82, 2.24) is 4.90 Å². The minimum atomic E-state index is -0.213. The predicted molar refractivity (Wildman–Crippen MR) is 125 cm³/mol. The fourth-order valence-electron chi connectivity index (χ4n) is 3.94. The van der Waals surface area contributed by atoms with Gasteiger partial charge in [-0.15, -0.1) is 0 Å². The van der Waals surface area contributed by atoms with Gasteiger partial charge in [-0.1, -0.05) is 56.5 Å². The Hall–Kier alpha value is -3.08. The number of rotatable bonds is 11. The summed E-state index contributed by atoms with van der Waals surface area (Å²) in [5.74, 6) is 0.322. The van der Waals surface area contributed by atoms with Gasteiger partial charge in [0.15, 0.2) is 0 Å². The first-order valence-electron chi connectivity index (χ1n) is 11.3. The largest absolute Gasteiger partial charge is 0.494 e. The molecule has 0 aliphatic carbocycles. The van der Waals surface area contributed by atoms with E-state index in [0.717, 1.165) is 42.7 Å². The second-order valence-electron chi connectivity index (χ2n) is 7.58. The molecule has 2 aromatic rings. The van der Waals surface area contributed by atoms with Crippen molar-refractivity contribution in [1.29, 1.82) is 0 Å². The number of ether oxygens (including phenoxy) is 1. The molecule has 2 amide bonds. The first-order chi connectivity index (χ1) is 15.1. The maximum Gasteiger partial charge on any atom is 0.278 e. The molecule has 5 nitrogen and oxygen atoms in total. The van der Waals surface area contributed by atoms with Crippen LogP contribution in [0.5, 0.6) is 5.75 Å². The first-order valence-corrected chi connectivity index (χ1v) is 11.3. The number of unbranched alkanes of at least 4 members (excludes halogenated alkanes) is 3. The number of carbonyl (C=O) groups excluding carboxylic acids is 2. The van der Waals surface area contributed by atoms with E-state index in [1.165, 1.54) is 4.90 Å². The maximum absolute atomic E-state index is 13.5. The molecule has 0 N–H and O–H groups in total. The number of imide groups is 1. The van der Waals surface area contributed by atoms with Crippen LogP contribution in [0.25, 0.3) is 5.57 Å². The van der Waals surface area contributed by atoms with Crippen LogP contribution in [0.2, 0.25) is 0 Å². The monoisotopic (exact) mass is 420 g/mol. The molecule has 1 aliphatic heterocycles. The smallest absolute Gasteiger partial charge is 0.278 e. The van der Waals surface area contributed by atoms with Crippen LogP contribution < -0.4 is 9.64 Å². The highest BCUT2D eigenvalue weighted by Crippen LogP contribution is 2.35. The summed E-state index contributed by atoms with van der Waals surface area (Å²) in [7, 11) is 0. The summed E-state index contributed by atoms with van der Waals surface area (Å²) in [5, 5.41) is 0. The number of likely N-dealkylation sites (N-methyl/N-ethyl adjacent to an activating group) is 1. The number of hydrogen-bond donors (Lipinski definition) is 0. The summed E-state index contributed by atoms with van der Waals surface area (Å²) in [6.45, 7) is 7.69. The first kappa shape index (κ1) is 22.6. The fraction of sp³-hybridized carbons (Fsp3) is 0.385. The lowest BCUT2D eigenvalue weighted by Gasteiger charge is -2.25. The van der Waals surface area contributed by atoms with Gasteiger partial charge in [0.25, 0.3) is 11.8 Å². The Bertz CT molecular complexity index is 919. The Kier molecular flexibility index (Phi) is 7.88. The van der Waals surface area contributed by atoms with E-state index in [2.05, 4.69) is 6.92 Å². The minimum absolute atomic E-state index is 0.212. The molecule has 31 heavy (non-hydrogen) atoms. The molecule has 3 rings (SSSR count). The molecule has 0 saturated carbocycles. The molecule has 1 heterocycles. The number of carbonyl (C=O) groups is 2. The van der Waals surface area contributed by atoms with Crippen molar-refractivity contribution in [2.24, 2.45) is 0 Å². The van der Waals surface area contributed by atoms with Crippen LogP contribution in [0.4, 0.5) is 5.69 Å². The topological polar surface area (TPSA) is 49.9 Å². The highest BCUT2D eigenvalue weighted by Gasteiger charge is 2.41. The number of para-hydroxylation sites is 1. The Morgan fingerprint density at radius 1 is 0.839 bits per heavy atom. The molecule has 0 saturated heterocycles. The Morgan fingerprint density at radius 2 is 1.55 bits per heavy atom. The highest BCUT2D eigenvalue weighted by molar-refractivity contribution is 6.36. The van der Waals surface area contributed by atoms with E-state index in [-0.39, 0.29) is 11.8 Å². The van der Waals surface area contributed by atoms with Crippen molar-refractivity contribution in [3.05, 3.63) is 65.9 Å². The molecule has 0 bridgehead atoms. The lowest BCUT2D eigenvalue weighted by Crippen LogP contribution is -2.36. The molecule has 2 aromatic carbocycles. The molecular formula is C26H32N2O3. The van der Waals surface area contributed by atoms with Gasteiger partial charge in [-0.3, -0.25) is 14.5 Å². The van der Waals surface area contributed by atoms with Gasteiger partial charge in [0.05, 0.1) is 12.2 Å². The zero-order valence-electron chi connectivity index (χ0n) is 18.8. The standard InChI is InChI=1S/C26H32N2O3/c1-4-7-8-12-19-28-25(29)23(20-15-17-22(18-16-20)31-6-3)24(26(28)30)27(5-2)21-13-10-9-11-14-21/h9-11,13-18H,4-8,12,19H2,1-3H3. The second-order valence-corrected chi connectivity index (χ2v) is 7.58. The van der Waals surface area contributed by atoms with E-state index >= 15 is 0 Å². The van der Waals surface area contributed by atoms with Crippen molar-refractivity contribution in [2.75, 3.05) is 24.6 Å². The summed E-state index contributed by atoms with van der Waals surface area (Å²) in [6, 6.07) is 17.2. The third-order valence-corrected chi connectivity index (χ3v) is 5.49. The van der Waals surface area contributed by atoms with Crippen LogP contribution in [0.15, 0.2) is 60.3 Å². The molecule has 0 fully saturated rings. The number of amides is 2. The molecule has 0 radical (unpaired) electrons. The Labute approximate surface area is 185 Å². The fourth-order valence-corrected chi connectivity index (χ4v) is 3.94. The number of nitrogens with zero attached hydrogens (tertiary/aromatic N) is 2. The normalized spacial score (nSPS) is 13.8. The molecule has 0 spiro atoms. The average Bonchev–Trinajstić information content (AvgIpc) is 3.03. The summed E-state index contributed by atoms with van der Waals surface area (Å²) in [4.78, 5) is 30.3. The summed E-state index contributed by atoms with van der Waals surface area (Å²) in [5.41, 5.74) is 2.56. The van der Waals surface area contributed by atoms with Crippen LogP contribution >= 0.6 is 0 Å². The van der Waals surface area contributed by atoms with Gasteiger partial charge in [-0.2, -0.15) is 0 Å². The van der Waals surface area contributed by atoms with Gasteiger partial charge in [0, 0.05) is 18.8 Å². The van der Waals surface area contributed by atoms with Gasteiger partial charge in [-0.05, 0) is 50.1 Å². The molecule has 5 heteroatoms. The molecule has 0 unspecified atom stereocenters. The number of hydrogen-bond acceptors (Lipinski definition) is 4. The quantitative estimate of drug-likeness (QED) is 0.367. The molecular weight excluding hydrogens is 388 g/mol. The minimum Gasteiger partial charge on any atom is -0.494 e. The van der Waals surface area contributed by atoms with E-state index in [4.69, 9.17) is 4.74 Å². The average molecular weight is 421 g/mol. The lowest BCUT2D eigenvalue weighted by atomic mass is 10.0. The van der Waals surface area contributed by atoms with Gasteiger partial charge >= 0.3 is 0 Å². The van der Waals surface area contributed by atoms with E-state index < -0.39 is 0 Å². The Balaban J connectivity index is 2.02. The van der Waals surface area contributed by atoms with Crippen LogP contribution in [0.3, 0.4) is 0 Å². The van der Waals surface area contributed by atoms with Crippen LogP contribution in [0.1, 0.15) is 52.0 Å². The van der Waals surface area contributed by atoms with E-state index in [0.29, 0.717) is 31.0 Å². The summed E-state index contributed by atoms with van der Waals surface area (Å²) in [6.07, 6.45) is 4.05. The van der Waals surface area contributed by atoms with Gasteiger partial charge in [0.2, 0.25) is 0 Å². The van der Waals surface area contributed by atoms with Crippen molar-refractivity contribution < 1.29 is 14.3 Å². The third kappa shape index (κ3) is 4.98. The number of benzene rings is 2.